The van der Waals surface area contributed by atoms with Gasteiger partial charge in [-0.05, 0) is 36.5 Å². The Kier molecular flexibility index (Phi) is 6.78. The molecule has 2 nitrogen and oxygen atoms in total. The molecular weight excluding hydrogens is 324 g/mol. The fourth-order valence-electron chi connectivity index (χ4n) is 2.90. The highest BCUT2D eigenvalue weighted by atomic mass is 35.5. The Hall–Kier alpha value is -0.490. The molecule has 0 aromatic heterocycles. The number of hydrogen-bond donors (Lipinski definition) is 1. The average molecular weight is 343 g/mol. The molecule has 1 aromatic carbocycles. The van der Waals surface area contributed by atoms with E-state index in [1.165, 1.54) is 0 Å². The molecule has 0 spiro atoms. The Morgan fingerprint density at radius 2 is 1.52 bits per heavy atom. The lowest BCUT2D eigenvalue weighted by atomic mass is 9.99. The van der Waals surface area contributed by atoms with Gasteiger partial charge in [0.2, 0.25) is 0 Å². The highest BCUT2D eigenvalue weighted by molar-refractivity contribution is 5.85. The maximum Gasteiger partial charge on any atom is 0.194 e. The molecule has 120 valence electrons. The third kappa shape index (κ3) is 4.03. The van der Waals surface area contributed by atoms with Gasteiger partial charge in [-0.2, -0.15) is 0 Å². The van der Waals surface area contributed by atoms with Crippen LogP contribution in [0, 0.1) is 23.4 Å². The third-order valence-electron chi connectivity index (χ3n) is 3.96. The lowest BCUT2D eigenvalue weighted by Crippen LogP contribution is -2.45. The minimum absolute atomic E-state index is 0. The first-order valence-electron chi connectivity index (χ1n) is 6.76. The van der Waals surface area contributed by atoms with E-state index in [2.05, 4.69) is 10.2 Å². The minimum Gasteiger partial charge on any atom is -0.314 e. The van der Waals surface area contributed by atoms with Gasteiger partial charge in [0, 0.05) is 32.2 Å². The van der Waals surface area contributed by atoms with Crippen molar-refractivity contribution in [1.29, 1.82) is 0 Å². The van der Waals surface area contributed by atoms with Crippen molar-refractivity contribution in [3.05, 3.63) is 35.1 Å². The van der Waals surface area contributed by atoms with E-state index in [1.807, 2.05) is 0 Å². The quantitative estimate of drug-likeness (QED) is 0.848. The Morgan fingerprint density at radius 1 is 1.00 bits per heavy atom. The van der Waals surface area contributed by atoms with E-state index >= 15 is 0 Å². The van der Waals surface area contributed by atoms with Crippen LogP contribution in [-0.2, 0) is 0 Å². The van der Waals surface area contributed by atoms with Gasteiger partial charge in [-0.15, -0.1) is 24.8 Å². The molecule has 1 heterocycles. The molecule has 3 rings (SSSR count). The molecular formula is C14H19Cl2F3N2. The zero-order valence-electron chi connectivity index (χ0n) is 11.4. The van der Waals surface area contributed by atoms with E-state index in [-0.39, 0.29) is 30.9 Å². The Balaban J connectivity index is 0.00000110. The summed E-state index contributed by atoms with van der Waals surface area (Å²) in [6.45, 7) is 3.49. The lowest BCUT2D eigenvalue weighted by molar-refractivity contribution is 0.155. The zero-order valence-corrected chi connectivity index (χ0v) is 13.1. The Bertz CT molecular complexity index is 454. The monoisotopic (exact) mass is 342 g/mol. The van der Waals surface area contributed by atoms with Crippen LogP contribution >= 0.6 is 24.8 Å². The van der Waals surface area contributed by atoms with Crippen molar-refractivity contribution in [1.82, 2.24) is 10.2 Å². The van der Waals surface area contributed by atoms with Crippen LogP contribution in [0.5, 0.6) is 0 Å². The van der Waals surface area contributed by atoms with E-state index in [9.17, 15) is 13.2 Å². The van der Waals surface area contributed by atoms with Crippen molar-refractivity contribution in [2.45, 2.75) is 18.9 Å². The molecule has 1 N–H and O–H groups in total. The van der Waals surface area contributed by atoms with Gasteiger partial charge in [0.25, 0.3) is 0 Å². The molecule has 2 fully saturated rings. The summed E-state index contributed by atoms with van der Waals surface area (Å²) in [5, 5.41) is 3.26. The van der Waals surface area contributed by atoms with Gasteiger partial charge < -0.3 is 5.32 Å². The van der Waals surface area contributed by atoms with Crippen molar-refractivity contribution in [3.63, 3.8) is 0 Å². The van der Waals surface area contributed by atoms with Crippen LogP contribution in [0.4, 0.5) is 13.2 Å². The molecule has 0 amide bonds. The van der Waals surface area contributed by atoms with Crippen molar-refractivity contribution in [2.75, 3.05) is 26.2 Å². The van der Waals surface area contributed by atoms with Crippen molar-refractivity contribution < 1.29 is 13.2 Å². The second-order valence-corrected chi connectivity index (χ2v) is 5.37. The van der Waals surface area contributed by atoms with E-state index in [0.29, 0.717) is 11.5 Å². The van der Waals surface area contributed by atoms with E-state index in [1.54, 1.807) is 0 Å². The Labute approximate surface area is 134 Å². The van der Waals surface area contributed by atoms with Gasteiger partial charge >= 0.3 is 0 Å². The number of piperazine rings is 1. The first-order valence-corrected chi connectivity index (χ1v) is 6.76. The highest BCUT2D eigenvalue weighted by Crippen LogP contribution is 2.45. The lowest BCUT2D eigenvalue weighted by Gasteiger charge is -2.35. The molecule has 1 aliphatic heterocycles. The van der Waals surface area contributed by atoms with E-state index in [4.69, 9.17) is 0 Å². The SMILES string of the molecule is Cl.Cl.Fc1cc([C@@H](C2CC2)N2CCNCC2)cc(F)c1F. The van der Waals surface area contributed by atoms with Crippen LogP contribution in [0.2, 0.25) is 0 Å². The van der Waals surface area contributed by atoms with Crippen molar-refractivity contribution in [3.8, 4) is 0 Å². The minimum atomic E-state index is -1.38. The summed E-state index contributed by atoms with van der Waals surface area (Å²) in [6.07, 6.45) is 2.16. The molecule has 0 unspecified atom stereocenters. The third-order valence-corrected chi connectivity index (χ3v) is 3.96. The maximum absolute atomic E-state index is 13.4. The standard InChI is InChI=1S/C14H17F3N2.2ClH/c15-11-7-10(8-12(16)13(11)17)14(9-1-2-9)19-5-3-18-4-6-19;;/h7-9,14,18H,1-6H2;2*1H/t14-;;/m1../s1. The van der Waals surface area contributed by atoms with Crippen molar-refractivity contribution in [2.24, 2.45) is 5.92 Å². The van der Waals surface area contributed by atoms with Crippen LogP contribution in [0.1, 0.15) is 24.4 Å². The summed E-state index contributed by atoms with van der Waals surface area (Å²) in [5.74, 6) is -3.10. The van der Waals surface area contributed by atoms with Gasteiger partial charge in [0.15, 0.2) is 17.5 Å². The van der Waals surface area contributed by atoms with Crippen molar-refractivity contribution >= 4 is 24.8 Å². The highest BCUT2D eigenvalue weighted by Gasteiger charge is 2.37. The first-order chi connectivity index (χ1) is 9.16. The molecule has 1 atom stereocenters. The summed E-state index contributed by atoms with van der Waals surface area (Å²) in [6, 6.07) is 2.33. The smallest absolute Gasteiger partial charge is 0.194 e. The summed E-state index contributed by atoms with van der Waals surface area (Å²) < 4.78 is 39.9. The summed E-state index contributed by atoms with van der Waals surface area (Å²) in [7, 11) is 0. The first kappa shape index (κ1) is 18.6. The van der Waals surface area contributed by atoms with Gasteiger partial charge in [0.1, 0.15) is 0 Å². The average Bonchev–Trinajstić information content (AvgIpc) is 3.22. The molecule has 0 radical (unpaired) electrons. The largest absolute Gasteiger partial charge is 0.314 e. The number of benzene rings is 1. The molecule has 0 bridgehead atoms. The Morgan fingerprint density at radius 3 is 2.00 bits per heavy atom. The molecule has 21 heavy (non-hydrogen) atoms. The number of nitrogens with one attached hydrogen (secondary N) is 1. The summed E-state index contributed by atoms with van der Waals surface area (Å²) in [5.41, 5.74) is 0.570. The van der Waals surface area contributed by atoms with Crippen LogP contribution in [0.15, 0.2) is 12.1 Å². The van der Waals surface area contributed by atoms with Crippen LogP contribution in [-0.4, -0.2) is 31.1 Å². The van der Waals surface area contributed by atoms with Gasteiger partial charge in [-0.3, -0.25) is 4.90 Å². The van der Waals surface area contributed by atoms with Crippen LogP contribution in [0.25, 0.3) is 0 Å². The number of nitrogens with zero attached hydrogens (tertiary/aromatic N) is 1. The predicted octanol–water partition coefficient (Wildman–Crippen LogP) is 3.30. The fraction of sp³-hybridized carbons (Fsp3) is 0.571. The maximum atomic E-state index is 13.4. The molecule has 1 saturated heterocycles. The van der Waals surface area contributed by atoms with Crippen LogP contribution < -0.4 is 5.32 Å². The molecule has 2 aliphatic rings. The van der Waals surface area contributed by atoms with Crippen LogP contribution in [0.3, 0.4) is 0 Å². The molecule has 7 heteroatoms. The normalized spacial score (nSPS) is 20.3. The molecule has 1 aliphatic carbocycles. The van der Waals surface area contributed by atoms with Gasteiger partial charge in [-0.1, -0.05) is 0 Å². The topological polar surface area (TPSA) is 15.3 Å². The fourth-order valence-corrected chi connectivity index (χ4v) is 2.90. The predicted molar refractivity (Wildman–Crippen MR) is 80.7 cm³/mol. The van der Waals surface area contributed by atoms with Gasteiger partial charge in [0.05, 0.1) is 0 Å². The summed E-state index contributed by atoms with van der Waals surface area (Å²) >= 11 is 0. The number of hydrogen-bond acceptors (Lipinski definition) is 2. The van der Waals surface area contributed by atoms with Gasteiger partial charge in [-0.25, -0.2) is 13.2 Å². The molecule has 1 saturated carbocycles. The summed E-state index contributed by atoms with van der Waals surface area (Å²) in [4.78, 5) is 2.25. The van der Waals surface area contributed by atoms with E-state index in [0.717, 1.165) is 51.2 Å². The van der Waals surface area contributed by atoms with E-state index < -0.39 is 17.5 Å². The molecule has 1 aromatic rings. The number of rotatable bonds is 3. The number of halogens is 5. The zero-order chi connectivity index (χ0) is 13.4. The second kappa shape index (κ2) is 7.68. The second-order valence-electron chi connectivity index (χ2n) is 5.37.